The number of carbonyl (C=O) groups is 2. The fraction of sp³-hybridized carbons (Fsp3) is 0.750. The molecule has 4 heteroatoms. The van der Waals surface area contributed by atoms with Crippen molar-refractivity contribution in [1.82, 2.24) is 0 Å². The van der Waals surface area contributed by atoms with Crippen LogP contribution in [0.25, 0.3) is 0 Å². The van der Waals surface area contributed by atoms with Crippen LogP contribution in [0.5, 0.6) is 0 Å². The number of aliphatic carboxylic acids is 1. The molecule has 0 unspecified atom stereocenters. The van der Waals surface area contributed by atoms with E-state index >= 15 is 0 Å². The molecule has 12 heavy (non-hydrogen) atoms. The van der Waals surface area contributed by atoms with Crippen molar-refractivity contribution in [3.8, 4) is 0 Å². The third-order valence-electron chi connectivity index (χ3n) is 0.842. The lowest BCUT2D eigenvalue weighted by Crippen LogP contribution is -2.03. The van der Waals surface area contributed by atoms with E-state index in [1.54, 1.807) is 20.8 Å². The highest BCUT2D eigenvalue weighted by molar-refractivity contribution is 5.68. The van der Waals surface area contributed by atoms with Gasteiger partial charge in [0, 0.05) is 6.92 Å². The maximum atomic E-state index is 9.82. The Morgan fingerprint density at radius 3 is 1.75 bits per heavy atom. The van der Waals surface area contributed by atoms with E-state index in [0.717, 1.165) is 0 Å². The molecular formula is C8H16O4. The summed E-state index contributed by atoms with van der Waals surface area (Å²) in [5.74, 6) is -1.18. The van der Waals surface area contributed by atoms with Crippen molar-refractivity contribution in [2.45, 2.75) is 27.7 Å². The van der Waals surface area contributed by atoms with Crippen molar-refractivity contribution in [2.24, 2.45) is 5.92 Å². The predicted molar refractivity (Wildman–Crippen MR) is 44.8 cm³/mol. The second-order valence-corrected chi connectivity index (χ2v) is 2.42. The van der Waals surface area contributed by atoms with Gasteiger partial charge in [-0.1, -0.05) is 13.8 Å². The summed E-state index contributed by atoms with van der Waals surface area (Å²) in [6, 6.07) is 0. The number of esters is 1. The summed E-state index contributed by atoms with van der Waals surface area (Å²) in [5, 5.41) is 7.99. The average molecular weight is 176 g/mol. The van der Waals surface area contributed by atoms with Gasteiger partial charge in [0.25, 0.3) is 0 Å². The van der Waals surface area contributed by atoms with Crippen molar-refractivity contribution < 1.29 is 19.4 Å². The zero-order valence-electron chi connectivity index (χ0n) is 7.96. The van der Waals surface area contributed by atoms with Crippen LogP contribution < -0.4 is 0 Å². The van der Waals surface area contributed by atoms with E-state index < -0.39 is 5.97 Å². The lowest BCUT2D eigenvalue weighted by atomic mass is 10.2. The first-order valence-corrected chi connectivity index (χ1v) is 3.78. The van der Waals surface area contributed by atoms with Gasteiger partial charge in [-0.3, -0.25) is 9.59 Å². The van der Waals surface area contributed by atoms with Crippen LogP contribution in [0.1, 0.15) is 27.7 Å². The number of rotatable bonds is 2. The number of carboxylic acids is 1. The van der Waals surface area contributed by atoms with E-state index in [4.69, 9.17) is 5.11 Å². The van der Waals surface area contributed by atoms with Gasteiger partial charge in [-0.15, -0.1) is 0 Å². The lowest BCUT2D eigenvalue weighted by molar-refractivity contribution is -0.141. The molecule has 0 saturated carbocycles. The summed E-state index contributed by atoms with van der Waals surface area (Å²) < 4.78 is 4.40. The summed E-state index contributed by atoms with van der Waals surface area (Å²) in [6.07, 6.45) is 0. The van der Waals surface area contributed by atoms with Crippen molar-refractivity contribution in [3.63, 3.8) is 0 Å². The fourth-order valence-electron chi connectivity index (χ4n) is 0.203. The Bertz CT molecular complexity index is 140. The van der Waals surface area contributed by atoms with Crippen molar-refractivity contribution in [3.05, 3.63) is 0 Å². The van der Waals surface area contributed by atoms with Crippen LogP contribution in [0.4, 0.5) is 0 Å². The summed E-state index contributed by atoms with van der Waals surface area (Å²) in [7, 11) is 0. The molecule has 0 rings (SSSR count). The lowest BCUT2D eigenvalue weighted by Gasteiger charge is -1.89. The molecule has 0 aliphatic carbocycles. The molecule has 0 aliphatic heterocycles. The first-order valence-electron chi connectivity index (χ1n) is 3.78. The fourth-order valence-corrected chi connectivity index (χ4v) is 0.203. The Hall–Kier alpha value is -1.06. The molecule has 0 aliphatic rings. The highest BCUT2D eigenvalue weighted by Crippen LogP contribution is 1.87. The zero-order valence-corrected chi connectivity index (χ0v) is 7.96. The Morgan fingerprint density at radius 1 is 1.42 bits per heavy atom. The normalized spacial score (nSPS) is 8.42. The van der Waals surface area contributed by atoms with Gasteiger partial charge < -0.3 is 9.84 Å². The highest BCUT2D eigenvalue weighted by Gasteiger charge is 1.99. The summed E-state index contributed by atoms with van der Waals surface area (Å²) in [5.41, 5.74) is 0. The van der Waals surface area contributed by atoms with E-state index in [1.165, 1.54) is 6.92 Å². The van der Waals surface area contributed by atoms with Crippen molar-refractivity contribution >= 4 is 11.9 Å². The molecule has 0 atom stereocenters. The quantitative estimate of drug-likeness (QED) is 0.644. The molecule has 4 nitrogen and oxygen atoms in total. The van der Waals surface area contributed by atoms with Crippen molar-refractivity contribution in [2.75, 3.05) is 6.61 Å². The van der Waals surface area contributed by atoms with Gasteiger partial charge in [0.05, 0.1) is 12.5 Å². The van der Waals surface area contributed by atoms with Gasteiger partial charge >= 0.3 is 11.9 Å². The maximum absolute atomic E-state index is 9.82. The average Bonchev–Trinajstić information content (AvgIpc) is 1.87. The zero-order chi connectivity index (χ0) is 10.1. The summed E-state index contributed by atoms with van der Waals surface area (Å²) >= 11 is 0. The van der Waals surface area contributed by atoms with Crippen LogP contribution in [-0.4, -0.2) is 23.7 Å². The summed E-state index contributed by atoms with van der Waals surface area (Å²) in [4.78, 5) is 19.5. The van der Waals surface area contributed by atoms with Crippen LogP contribution in [0.2, 0.25) is 0 Å². The number of hydrogen-bond acceptors (Lipinski definition) is 3. The van der Waals surface area contributed by atoms with E-state index in [0.29, 0.717) is 6.61 Å². The second-order valence-electron chi connectivity index (χ2n) is 2.42. The Balaban J connectivity index is 0. The molecular weight excluding hydrogens is 160 g/mol. The molecule has 0 bridgehead atoms. The van der Waals surface area contributed by atoms with Gasteiger partial charge in [-0.05, 0) is 6.92 Å². The minimum Gasteiger partial charge on any atom is -0.481 e. The SMILES string of the molecule is CC(C)C(=O)O.CCOC(C)=O. The number of carbonyl (C=O) groups excluding carboxylic acids is 1. The topological polar surface area (TPSA) is 63.6 Å². The van der Waals surface area contributed by atoms with Crippen LogP contribution in [0.3, 0.4) is 0 Å². The van der Waals surface area contributed by atoms with E-state index in [2.05, 4.69) is 4.74 Å². The van der Waals surface area contributed by atoms with Crippen LogP contribution in [0.15, 0.2) is 0 Å². The first-order chi connectivity index (χ1) is 5.41. The Kier molecular flexibility index (Phi) is 9.06. The molecule has 0 aromatic carbocycles. The van der Waals surface area contributed by atoms with Gasteiger partial charge in [0.1, 0.15) is 0 Å². The third kappa shape index (κ3) is 16.0. The second kappa shape index (κ2) is 8.04. The van der Waals surface area contributed by atoms with Gasteiger partial charge in [0.15, 0.2) is 0 Å². The maximum Gasteiger partial charge on any atom is 0.305 e. The van der Waals surface area contributed by atoms with Gasteiger partial charge in [0.2, 0.25) is 0 Å². The third-order valence-corrected chi connectivity index (χ3v) is 0.842. The van der Waals surface area contributed by atoms with Gasteiger partial charge in [-0.2, -0.15) is 0 Å². The standard InChI is InChI=1S/2C4H8O2/c1-3-6-4(2)5;1-3(2)4(5)6/h3H2,1-2H3;3H,1-2H3,(H,5,6). The summed E-state index contributed by atoms with van der Waals surface area (Å²) in [6.45, 7) is 6.94. The van der Waals surface area contributed by atoms with Crippen LogP contribution >= 0.6 is 0 Å². The van der Waals surface area contributed by atoms with Crippen LogP contribution in [-0.2, 0) is 14.3 Å². The Morgan fingerprint density at radius 2 is 1.75 bits per heavy atom. The minimum atomic E-state index is -0.741. The molecule has 0 aromatic heterocycles. The van der Waals surface area contributed by atoms with Crippen molar-refractivity contribution in [1.29, 1.82) is 0 Å². The molecule has 0 radical (unpaired) electrons. The largest absolute Gasteiger partial charge is 0.481 e. The van der Waals surface area contributed by atoms with E-state index in [1.807, 2.05) is 0 Å². The number of ether oxygens (including phenoxy) is 1. The number of carboxylic acid groups (broad SMARTS) is 1. The van der Waals surface area contributed by atoms with Gasteiger partial charge in [-0.25, -0.2) is 0 Å². The molecule has 0 amide bonds. The smallest absolute Gasteiger partial charge is 0.305 e. The molecule has 1 N–H and O–H groups in total. The van der Waals surface area contributed by atoms with E-state index in [9.17, 15) is 9.59 Å². The molecule has 72 valence electrons. The first kappa shape index (κ1) is 13.5. The molecule has 0 spiro atoms. The highest BCUT2D eigenvalue weighted by atomic mass is 16.5. The monoisotopic (exact) mass is 176 g/mol. The minimum absolute atomic E-state index is 0.211. The molecule has 0 aromatic rings. The molecule has 0 fully saturated rings. The predicted octanol–water partition coefficient (Wildman–Crippen LogP) is 1.30. The van der Waals surface area contributed by atoms with E-state index in [-0.39, 0.29) is 11.9 Å². The Labute approximate surface area is 72.5 Å². The molecule has 0 saturated heterocycles. The molecule has 0 heterocycles. The van der Waals surface area contributed by atoms with Crippen LogP contribution in [0, 0.1) is 5.92 Å². The number of hydrogen-bond donors (Lipinski definition) is 1.